The molecule has 2 aromatic rings. The van der Waals surface area contributed by atoms with E-state index in [1.807, 2.05) is 49.6 Å². The maximum Gasteiger partial charge on any atom is 0.410 e. The first-order valence-corrected chi connectivity index (χ1v) is 8.88. The lowest BCUT2D eigenvalue weighted by Gasteiger charge is -2.32. The second-order valence-electron chi connectivity index (χ2n) is 7.50. The molecule has 2 amide bonds. The third kappa shape index (κ3) is 4.30. The Kier molecular flexibility index (Phi) is 5.11. The van der Waals surface area contributed by atoms with Crippen LogP contribution in [0.25, 0.3) is 5.65 Å². The largest absolute Gasteiger partial charge is 0.444 e. The lowest BCUT2D eigenvalue weighted by molar-refractivity contribution is -0.126. The van der Waals surface area contributed by atoms with Crippen LogP contribution in [0.2, 0.25) is 0 Å². The van der Waals surface area contributed by atoms with Crippen LogP contribution < -0.4 is 5.32 Å². The molecule has 140 valence electrons. The summed E-state index contributed by atoms with van der Waals surface area (Å²) in [6.07, 6.45) is 2.82. The van der Waals surface area contributed by atoms with Gasteiger partial charge in [-0.3, -0.25) is 9.20 Å². The molecule has 1 N–H and O–H groups in total. The number of carbonyl (C=O) groups is 2. The molecule has 0 aromatic carbocycles. The standard InChI is InChI=1S/C18H25N5O3/c1-18(2,3)26-17(25)22-10-7-13(8-11-22)16(24)19-12-15-21-20-14-6-4-5-9-23(14)15/h4-6,9,13H,7-8,10-12H2,1-3H3,(H,19,24). The van der Waals surface area contributed by atoms with Crippen molar-refractivity contribution in [1.29, 1.82) is 0 Å². The maximum absolute atomic E-state index is 12.4. The van der Waals surface area contributed by atoms with E-state index in [4.69, 9.17) is 4.74 Å². The van der Waals surface area contributed by atoms with Crippen LogP contribution in [0.3, 0.4) is 0 Å². The summed E-state index contributed by atoms with van der Waals surface area (Å²) in [4.78, 5) is 26.2. The number of fused-ring (bicyclic) bond motifs is 1. The molecule has 1 aliphatic rings. The second-order valence-corrected chi connectivity index (χ2v) is 7.50. The van der Waals surface area contributed by atoms with Gasteiger partial charge in [0.15, 0.2) is 11.5 Å². The Bertz CT molecular complexity index is 787. The molecule has 0 atom stereocenters. The molecule has 0 unspecified atom stereocenters. The SMILES string of the molecule is CC(C)(C)OC(=O)N1CCC(C(=O)NCc2nnc3ccccn23)CC1. The van der Waals surface area contributed by atoms with Crippen LogP contribution in [0, 0.1) is 5.92 Å². The van der Waals surface area contributed by atoms with E-state index in [0.717, 1.165) is 5.65 Å². The van der Waals surface area contributed by atoms with E-state index in [1.54, 1.807) is 4.90 Å². The van der Waals surface area contributed by atoms with Gasteiger partial charge in [-0.15, -0.1) is 10.2 Å². The molecule has 0 spiro atoms. The highest BCUT2D eigenvalue weighted by Gasteiger charge is 2.29. The highest BCUT2D eigenvalue weighted by molar-refractivity contribution is 5.79. The Hall–Kier alpha value is -2.64. The van der Waals surface area contributed by atoms with Crippen LogP contribution in [0.4, 0.5) is 4.79 Å². The predicted octanol–water partition coefficient (Wildman–Crippen LogP) is 1.99. The minimum atomic E-state index is -0.508. The lowest BCUT2D eigenvalue weighted by atomic mass is 9.96. The van der Waals surface area contributed by atoms with Gasteiger partial charge in [-0.1, -0.05) is 6.07 Å². The number of nitrogens with zero attached hydrogens (tertiary/aromatic N) is 4. The highest BCUT2D eigenvalue weighted by Crippen LogP contribution is 2.20. The Morgan fingerprint density at radius 3 is 2.65 bits per heavy atom. The summed E-state index contributed by atoms with van der Waals surface area (Å²) in [5.74, 6) is 0.578. The molecule has 2 aromatic heterocycles. The fourth-order valence-corrected chi connectivity index (χ4v) is 2.97. The number of amides is 2. The summed E-state index contributed by atoms with van der Waals surface area (Å²) in [5, 5.41) is 11.1. The lowest BCUT2D eigenvalue weighted by Crippen LogP contribution is -2.44. The van der Waals surface area contributed by atoms with Gasteiger partial charge in [0.05, 0.1) is 6.54 Å². The zero-order valence-electron chi connectivity index (χ0n) is 15.4. The van der Waals surface area contributed by atoms with E-state index in [2.05, 4.69) is 15.5 Å². The van der Waals surface area contributed by atoms with E-state index in [0.29, 0.717) is 38.3 Å². The van der Waals surface area contributed by atoms with Gasteiger partial charge in [-0.25, -0.2) is 4.79 Å². The topological polar surface area (TPSA) is 88.8 Å². The van der Waals surface area contributed by atoms with Crippen LogP contribution in [-0.4, -0.2) is 50.2 Å². The van der Waals surface area contributed by atoms with Gasteiger partial charge in [-0.2, -0.15) is 0 Å². The van der Waals surface area contributed by atoms with Crippen molar-refractivity contribution in [1.82, 2.24) is 24.8 Å². The van der Waals surface area contributed by atoms with Gasteiger partial charge in [0, 0.05) is 25.2 Å². The predicted molar refractivity (Wildman–Crippen MR) is 95.4 cm³/mol. The molecular formula is C18H25N5O3. The van der Waals surface area contributed by atoms with E-state index >= 15 is 0 Å². The quantitative estimate of drug-likeness (QED) is 0.905. The average molecular weight is 359 g/mol. The van der Waals surface area contributed by atoms with Crippen LogP contribution in [-0.2, 0) is 16.1 Å². The molecule has 3 rings (SSSR count). The molecular weight excluding hydrogens is 334 g/mol. The van der Waals surface area contributed by atoms with Crippen LogP contribution >= 0.6 is 0 Å². The third-order valence-electron chi connectivity index (χ3n) is 4.32. The Balaban J connectivity index is 1.49. The number of pyridine rings is 1. The van der Waals surface area contributed by atoms with Gasteiger partial charge in [-0.05, 0) is 45.7 Å². The van der Waals surface area contributed by atoms with Crippen molar-refractivity contribution in [2.24, 2.45) is 5.92 Å². The number of aromatic nitrogens is 3. The summed E-state index contributed by atoms with van der Waals surface area (Å²) >= 11 is 0. The molecule has 0 radical (unpaired) electrons. The van der Waals surface area contributed by atoms with E-state index in [9.17, 15) is 9.59 Å². The molecule has 8 heteroatoms. The summed E-state index contributed by atoms with van der Waals surface area (Å²) in [7, 11) is 0. The summed E-state index contributed by atoms with van der Waals surface area (Å²) in [5.41, 5.74) is 0.245. The van der Waals surface area contributed by atoms with Crippen molar-refractivity contribution in [3.8, 4) is 0 Å². The van der Waals surface area contributed by atoms with Crippen molar-refractivity contribution in [2.75, 3.05) is 13.1 Å². The molecule has 1 fully saturated rings. The number of nitrogens with one attached hydrogen (secondary N) is 1. The maximum atomic E-state index is 12.4. The second kappa shape index (κ2) is 7.31. The Morgan fingerprint density at radius 2 is 1.96 bits per heavy atom. The molecule has 3 heterocycles. The molecule has 1 saturated heterocycles. The first-order valence-electron chi connectivity index (χ1n) is 8.88. The van der Waals surface area contributed by atoms with Crippen molar-refractivity contribution in [3.63, 3.8) is 0 Å². The fraction of sp³-hybridized carbons (Fsp3) is 0.556. The first-order chi connectivity index (χ1) is 12.3. The van der Waals surface area contributed by atoms with Gasteiger partial charge in [0.1, 0.15) is 5.60 Å². The highest BCUT2D eigenvalue weighted by atomic mass is 16.6. The Labute approximate surface area is 152 Å². The summed E-state index contributed by atoms with van der Waals surface area (Å²) < 4.78 is 7.23. The zero-order valence-corrected chi connectivity index (χ0v) is 15.4. The number of hydrogen-bond donors (Lipinski definition) is 1. The molecule has 0 bridgehead atoms. The fourth-order valence-electron chi connectivity index (χ4n) is 2.97. The summed E-state index contributed by atoms with van der Waals surface area (Å²) in [6.45, 7) is 6.93. The van der Waals surface area contributed by atoms with Gasteiger partial charge in [0.2, 0.25) is 5.91 Å². The molecule has 0 aliphatic carbocycles. The van der Waals surface area contributed by atoms with Gasteiger partial charge in [0.25, 0.3) is 0 Å². The molecule has 8 nitrogen and oxygen atoms in total. The minimum absolute atomic E-state index is 0.0125. The molecule has 1 aliphatic heterocycles. The van der Waals surface area contributed by atoms with E-state index in [1.165, 1.54) is 0 Å². The average Bonchev–Trinajstić information content (AvgIpc) is 3.01. The third-order valence-corrected chi connectivity index (χ3v) is 4.32. The van der Waals surface area contributed by atoms with Crippen molar-refractivity contribution in [3.05, 3.63) is 30.2 Å². The smallest absolute Gasteiger partial charge is 0.410 e. The molecule has 26 heavy (non-hydrogen) atoms. The number of piperidine rings is 1. The number of rotatable bonds is 3. The number of carbonyl (C=O) groups excluding carboxylic acids is 2. The normalized spacial score (nSPS) is 15.9. The van der Waals surface area contributed by atoms with Crippen LogP contribution in [0.5, 0.6) is 0 Å². The van der Waals surface area contributed by atoms with Crippen LogP contribution in [0.15, 0.2) is 24.4 Å². The minimum Gasteiger partial charge on any atom is -0.444 e. The van der Waals surface area contributed by atoms with Crippen molar-refractivity contribution in [2.45, 2.75) is 45.8 Å². The van der Waals surface area contributed by atoms with Gasteiger partial charge >= 0.3 is 6.09 Å². The van der Waals surface area contributed by atoms with Crippen molar-refractivity contribution >= 4 is 17.6 Å². The monoisotopic (exact) mass is 359 g/mol. The first kappa shape index (κ1) is 18.2. The zero-order chi connectivity index (χ0) is 18.7. The van der Waals surface area contributed by atoms with Gasteiger partial charge < -0.3 is 15.0 Å². The number of hydrogen-bond acceptors (Lipinski definition) is 5. The Morgan fingerprint density at radius 1 is 1.23 bits per heavy atom. The van der Waals surface area contributed by atoms with Crippen molar-refractivity contribution < 1.29 is 14.3 Å². The van der Waals surface area contributed by atoms with E-state index in [-0.39, 0.29) is 17.9 Å². The van der Waals surface area contributed by atoms with Crippen LogP contribution in [0.1, 0.15) is 39.4 Å². The molecule has 0 saturated carbocycles. The summed E-state index contributed by atoms with van der Waals surface area (Å²) in [6, 6.07) is 5.66. The van der Waals surface area contributed by atoms with E-state index < -0.39 is 5.60 Å². The number of ether oxygens (including phenoxy) is 1. The number of likely N-dealkylation sites (tertiary alicyclic amines) is 1.